The van der Waals surface area contributed by atoms with Crippen LogP contribution in [0.1, 0.15) is 18.6 Å². The molecule has 28 heavy (non-hydrogen) atoms. The van der Waals surface area contributed by atoms with E-state index in [1.807, 2.05) is 6.92 Å². The maximum absolute atomic E-state index is 14.1. The summed E-state index contributed by atoms with van der Waals surface area (Å²) < 4.78 is 38.4. The molecule has 0 unspecified atom stereocenters. The molecule has 0 radical (unpaired) electrons. The van der Waals surface area contributed by atoms with E-state index in [1.54, 1.807) is 54.6 Å². The molecule has 1 amide bonds. The maximum Gasteiger partial charge on any atom is 0.270 e. The van der Waals surface area contributed by atoms with Crippen molar-refractivity contribution in [3.63, 3.8) is 0 Å². The topological polar surface area (TPSA) is 47.6 Å². The monoisotopic (exact) mass is 383 g/mol. The lowest BCUT2D eigenvalue weighted by Gasteiger charge is -2.20. The SMILES string of the molecule is CCOc1ccccc1NC(=O)[C@@H](Oc1ccc(F)cc1F)c1ccccc1. The van der Waals surface area contributed by atoms with E-state index >= 15 is 0 Å². The number of nitrogens with one attached hydrogen (secondary N) is 1. The Hall–Kier alpha value is -3.41. The molecule has 0 fully saturated rings. The first-order valence-electron chi connectivity index (χ1n) is 8.78. The number of anilines is 1. The van der Waals surface area contributed by atoms with E-state index in [-0.39, 0.29) is 5.75 Å². The van der Waals surface area contributed by atoms with Crippen LogP contribution in [0.4, 0.5) is 14.5 Å². The molecule has 0 spiro atoms. The number of carbonyl (C=O) groups excluding carboxylic acids is 1. The summed E-state index contributed by atoms with van der Waals surface area (Å²) in [7, 11) is 0. The lowest BCUT2D eigenvalue weighted by atomic mass is 10.1. The summed E-state index contributed by atoms with van der Waals surface area (Å²) in [5.74, 6) is -1.83. The van der Waals surface area contributed by atoms with Gasteiger partial charge in [-0.05, 0) is 31.2 Å². The zero-order valence-electron chi connectivity index (χ0n) is 15.2. The van der Waals surface area contributed by atoms with Crippen molar-refractivity contribution < 1.29 is 23.0 Å². The molecule has 1 N–H and O–H groups in total. The number of ether oxygens (including phenoxy) is 2. The molecule has 0 heterocycles. The summed E-state index contributed by atoms with van der Waals surface area (Å²) in [5, 5.41) is 2.76. The number of halogens is 2. The lowest BCUT2D eigenvalue weighted by Crippen LogP contribution is -2.26. The van der Waals surface area contributed by atoms with Crippen molar-refractivity contribution in [2.45, 2.75) is 13.0 Å². The minimum Gasteiger partial charge on any atom is -0.492 e. The molecule has 144 valence electrons. The summed E-state index contributed by atoms with van der Waals surface area (Å²) in [6.45, 7) is 2.28. The van der Waals surface area contributed by atoms with Crippen molar-refractivity contribution in [3.05, 3.63) is 90.0 Å². The third-order valence-corrected chi connectivity index (χ3v) is 3.92. The molecule has 6 heteroatoms. The van der Waals surface area contributed by atoms with Crippen LogP contribution in [0, 0.1) is 11.6 Å². The number of para-hydroxylation sites is 2. The van der Waals surface area contributed by atoms with E-state index in [0.717, 1.165) is 12.1 Å². The summed E-state index contributed by atoms with van der Waals surface area (Å²) in [6.07, 6.45) is -1.14. The van der Waals surface area contributed by atoms with Crippen molar-refractivity contribution >= 4 is 11.6 Å². The van der Waals surface area contributed by atoms with E-state index in [4.69, 9.17) is 9.47 Å². The molecular weight excluding hydrogens is 364 g/mol. The highest BCUT2D eigenvalue weighted by atomic mass is 19.1. The van der Waals surface area contributed by atoms with E-state index in [0.29, 0.717) is 29.7 Å². The van der Waals surface area contributed by atoms with E-state index in [2.05, 4.69) is 5.32 Å². The Morgan fingerprint density at radius 2 is 1.68 bits per heavy atom. The Morgan fingerprint density at radius 1 is 0.964 bits per heavy atom. The minimum atomic E-state index is -1.14. The smallest absolute Gasteiger partial charge is 0.270 e. The van der Waals surface area contributed by atoms with Crippen molar-refractivity contribution in [2.75, 3.05) is 11.9 Å². The zero-order valence-corrected chi connectivity index (χ0v) is 15.2. The summed E-state index contributed by atoms with van der Waals surface area (Å²) in [6, 6.07) is 18.6. The Balaban J connectivity index is 1.90. The van der Waals surface area contributed by atoms with Crippen LogP contribution in [0.25, 0.3) is 0 Å². The fourth-order valence-electron chi connectivity index (χ4n) is 2.65. The molecule has 0 aliphatic heterocycles. The second kappa shape index (κ2) is 8.99. The zero-order chi connectivity index (χ0) is 19.9. The van der Waals surface area contributed by atoms with Crippen LogP contribution < -0.4 is 14.8 Å². The third-order valence-electron chi connectivity index (χ3n) is 3.92. The van der Waals surface area contributed by atoms with Crippen LogP contribution in [0.3, 0.4) is 0 Å². The molecule has 0 aliphatic carbocycles. The normalized spacial score (nSPS) is 11.5. The summed E-state index contributed by atoms with van der Waals surface area (Å²) >= 11 is 0. The van der Waals surface area contributed by atoms with Crippen LogP contribution >= 0.6 is 0 Å². The molecule has 0 aromatic heterocycles. The van der Waals surface area contributed by atoms with Gasteiger partial charge in [0.25, 0.3) is 5.91 Å². The van der Waals surface area contributed by atoms with Gasteiger partial charge in [0.1, 0.15) is 11.6 Å². The molecule has 0 saturated heterocycles. The second-order valence-corrected chi connectivity index (χ2v) is 5.90. The number of benzene rings is 3. The van der Waals surface area contributed by atoms with Crippen molar-refractivity contribution in [1.82, 2.24) is 0 Å². The van der Waals surface area contributed by atoms with E-state index < -0.39 is 23.6 Å². The third kappa shape index (κ3) is 4.65. The van der Waals surface area contributed by atoms with Gasteiger partial charge in [0.15, 0.2) is 11.6 Å². The maximum atomic E-state index is 14.1. The average Bonchev–Trinajstić information content (AvgIpc) is 2.69. The van der Waals surface area contributed by atoms with Crippen molar-refractivity contribution in [2.24, 2.45) is 0 Å². The minimum absolute atomic E-state index is 0.219. The molecule has 1 atom stereocenters. The van der Waals surface area contributed by atoms with Gasteiger partial charge in [-0.15, -0.1) is 0 Å². The first-order valence-corrected chi connectivity index (χ1v) is 8.78. The number of hydrogen-bond donors (Lipinski definition) is 1. The van der Waals surface area contributed by atoms with Gasteiger partial charge in [-0.1, -0.05) is 42.5 Å². The van der Waals surface area contributed by atoms with E-state index in [1.165, 1.54) is 0 Å². The van der Waals surface area contributed by atoms with Crippen molar-refractivity contribution in [3.8, 4) is 11.5 Å². The van der Waals surface area contributed by atoms with Crippen LogP contribution in [-0.4, -0.2) is 12.5 Å². The molecule has 3 aromatic carbocycles. The lowest BCUT2D eigenvalue weighted by molar-refractivity contribution is -0.123. The first kappa shape index (κ1) is 19.4. The predicted molar refractivity (Wildman–Crippen MR) is 102 cm³/mol. The predicted octanol–water partition coefficient (Wildman–Crippen LogP) is 5.12. The Bertz CT molecular complexity index is 948. The highest BCUT2D eigenvalue weighted by Crippen LogP contribution is 2.29. The average molecular weight is 383 g/mol. The number of rotatable bonds is 7. The molecule has 3 rings (SSSR count). The van der Waals surface area contributed by atoms with Gasteiger partial charge in [0.05, 0.1) is 12.3 Å². The molecular formula is C22H19F2NO3. The van der Waals surface area contributed by atoms with Gasteiger partial charge in [0.2, 0.25) is 6.10 Å². The van der Waals surface area contributed by atoms with Gasteiger partial charge in [-0.25, -0.2) is 8.78 Å². The van der Waals surface area contributed by atoms with Gasteiger partial charge < -0.3 is 14.8 Å². The fraction of sp³-hybridized carbons (Fsp3) is 0.136. The van der Waals surface area contributed by atoms with Crippen LogP contribution in [0.2, 0.25) is 0 Å². The Kier molecular flexibility index (Phi) is 6.22. The Morgan fingerprint density at radius 3 is 2.39 bits per heavy atom. The highest BCUT2D eigenvalue weighted by Gasteiger charge is 2.25. The summed E-state index contributed by atoms with van der Waals surface area (Å²) in [4.78, 5) is 13.0. The highest BCUT2D eigenvalue weighted by molar-refractivity contribution is 5.96. The Labute approximate surface area is 161 Å². The fourth-order valence-corrected chi connectivity index (χ4v) is 2.65. The number of carbonyl (C=O) groups is 1. The van der Waals surface area contributed by atoms with Gasteiger partial charge in [-0.2, -0.15) is 0 Å². The van der Waals surface area contributed by atoms with Gasteiger partial charge >= 0.3 is 0 Å². The summed E-state index contributed by atoms with van der Waals surface area (Å²) in [5.41, 5.74) is 0.996. The quantitative estimate of drug-likeness (QED) is 0.616. The molecule has 0 bridgehead atoms. The standard InChI is InChI=1S/C22H19F2NO3/c1-2-27-20-11-7-6-10-18(20)25-22(26)21(15-8-4-3-5-9-15)28-19-13-12-16(23)14-17(19)24/h3-14,21H,2H2,1H3,(H,25,26)/t21-/m0/s1. The molecule has 4 nitrogen and oxygen atoms in total. The van der Waals surface area contributed by atoms with Gasteiger partial charge in [0, 0.05) is 11.6 Å². The van der Waals surface area contributed by atoms with E-state index in [9.17, 15) is 13.6 Å². The molecule has 0 saturated carbocycles. The van der Waals surface area contributed by atoms with Crippen molar-refractivity contribution in [1.29, 1.82) is 0 Å². The number of hydrogen-bond acceptors (Lipinski definition) is 3. The molecule has 3 aromatic rings. The van der Waals surface area contributed by atoms with Crippen LogP contribution in [-0.2, 0) is 4.79 Å². The first-order chi connectivity index (χ1) is 13.6. The van der Waals surface area contributed by atoms with Crippen LogP contribution in [0.15, 0.2) is 72.8 Å². The second-order valence-electron chi connectivity index (χ2n) is 5.90. The van der Waals surface area contributed by atoms with Gasteiger partial charge in [-0.3, -0.25) is 4.79 Å². The van der Waals surface area contributed by atoms with Crippen LogP contribution in [0.5, 0.6) is 11.5 Å². The largest absolute Gasteiger partial charge is 0.492 e. The molecule has 0 aliphatic rings. The number of amides is 1.